The minimum atomic E-state index is -2.58. The topological polar surface area (TPSA) is 99.9 Å². The van der Waals surface area contributed by atoms with Gasteiger partial charge in [-0.2, -0.15) is 5.26 Å². The van der Waals surface area contributed by atoms with Crippen molar-refractivity contribution in [1.82, 2.24) is 15.2 Å². The van der Waals surface area contributed by atoms with Gasteiger partial charge in [-0.3, -0.25) is 9.88 Å². The van der Waals surface area contributed by atoms with Crippen LogP contribution in [-0.4, -0.2) is 59.8 Å². The Kier molecular flexibility index (Phi) is 12.7. The third-order valence-electron chi connectivity index (χ3n) is 8.88. The van der Waals surface area contributed by atoms with Gasteiger partial charge in [0.1, 0.15) is 36.5 Å². The van der Waals surface area contributed by atoms with Crippen LogP contribution in [0, 0.1) is 25.2 Å². The average Bonchev–Trinajstić information content (AvgIpc) is 3.47. The van der Waals surface area contributed by atoms with Gasteiger partial charge in [0, 0.05) is 61.7 Å². The number of ether oxygens (including phenoxy) is 3. The Labute approximate surface area is 297 Å². The number of nitriles is 1. The van der Waals surface area contributed by atoms with Gasteiger partial charge < -0.3 is 24.6 Å². The predicted molar refractivity (Wildman–Crippen MR) is 190 cm³/mol. The summed E-state index contributed by atoms with van der Waals surface area (Å²) in [5.41, 5.74) is 7.11. The van der Waals surface area contributed by atoms with E-state index in [1.807, 2.05) is 38.1 Å². The fourth-order valence-electron chi connectivity index (χ4n) is 5.91. The molecule has 8 nitrogen and oxygen atoms in total. The Morgan fingerprint density at radius 2 is 1.74 bits per heavy atom. The number of nitrogens with zero attached hydrogens (tertiary/aromatic N) is 3. The van der Waals surface area contributed by atoms with Crippen molar-refractivity contribution in [3.63, 3.8) is 0 Å². The van der Waals surface area contributed by atoms with Crippen molar-refractivity contribution < 1.29 is 28.1 Å². The summed E-state index contributed by atoms with van der Waals surface area (Å²) in [6.07, 6.45) is 3.75. The van der Waals surface area contributed by atoms with E-state index >= 15 is 0 Å². The second-order valence-corrected chi connectivity index (χ2v) is 13.1. The van der Waals surface area contributed by atoms with E-state index in [0.29, 0.717) is 54.7 Å². The molecule has 1 fully saturated rings. The van der Waals surface area contributed by atoms with E-state index in [9.17, 15) is 19.1 Å². The molecule has 2 N–H and O–H groups in total. The molecule has 0 aliphatic carbocycles. The van der Waals surface area contributed by atoms with Gasteiger partial charge >= 0.3 is 0 Å². The summed E-state index contributed by atoms with van der Waals surface area (Å²) in [4.78, 5) is 5.91. The smallest absolute Gasteiger partial charge is 0.261 e. The molecule has 3 aromatic carbocycles. The molecule has 264 valence electrons. The number of pyridine rings is 1. The van der Waals surface area contributed by atoms with Crippen molar-refractivity contribution in [2.75, 3.05) is 32.8 Å². The molecule has 5 rings (SSSR count). The van der Waals surface area contributed by atoms with Crippen LogP contribution in [0.4, 0.5) is 8.78 Å². The van der Waals surface area contributed by atoms with E-state index in [1.165, 1.54) is 6.20 Å². The van der Waals surface area contributed by atoms with Crippen LogP contribution in [0.15, 0.2) is 67.0 Å². The van der Waals surface area contributed by atoms with Crippen LogP contribution >= 0.6 is 11.6 Å². The molecule has 0 amide bonds. The molecule has 0 radical (unpaired) electrons. The summed E-state index contributed by atoms with van der Waals surface area (Å²) in [5, 5.41) is 22.4. The zero-order valence-corrected chi connectivity index (χ0v) is 29.4. The van der Waals surface area contributed by atoms with Crippen LogP contribution < -0.4 is 19.5 Å². The first kappa shape index (κ1) is 37.0. The van der Waals surface area contributed by atoms with Gasteiger partial charge in [-0.05, 0) is 73.2 Å². The second kappa shape index (κ2) is 17.1. The third kappa shape index (κ3) is 9.70. The molecule has 11 heteroatoms. The SMILES string of the molecule is Cc1c(COc2cc(OCc3cncc(C#N)c3)c(CNC(C)CO)cc2Cl)cccc1-c1cccc(OCCCN2CCC(F)(F)C2)c1C. The van der Waals surface area contributed by atoms with Crippen LogP contribution in [-0.2, 0) is 19.8 Å². The van der Waals surface area contributed by atoms with Crippen LogP contribution in [0.3, 0.4) is 0 Å². The van der Waals surface area contributed by atoms with E-state index in [-0.39, 0.29) is 38.8 Å². The normalized spacial score (nSPS) is 14.7. The molecule has 1 aliphatic heterocycles. The monoisotopic (exact) mass is 704 g/mol. The summed E-state index contributed by atoms with van der Waals surface area (Å²) in [5.74, 6) is -0.799. The molecule has 1 unspecified atom stereocenters. The highest BCUT2D eigenvalue weighted by atomic mass is 35.5. The lowest BCUT2D eigenvalue weighted by molar-refractivity contribution is 0.0118. The number of hydrogen-bond acceptors (Lipinski definition) is 8. The molecule has 0 spiro atoms. The van der Waals surface area contributed by atoms with Gasteiger partial charge in [0.05, 0.1) is 30.3 Å². The Morgan fingerprint density at radius 3 is 2.48 bits per heavy atom. The largest absolute Gasteiger partial charge is 0.493 e. The number of aliphatic hydroxyl groups is 1. The van der Waals surface area contributed by atoms with E-state index in [0.717, 1.165) is 44.7 Å². The number of rotatable bonds is 16. The summed E-state index contributed by atoms with van der Waals surface area (Å²) in [6.45, 7) is 8.09. The number of alkyl halides is 2. The summed E-state index contributed by atoms with van der Waals surface area (Å²) in [6, 6.07) is 19.3. The first-order valence-electron chi connectivity index (χ1n) is 16.7. The number of halogens is 3. The molecular formula is C39H43ClF2N4O4. The lowest BCUT2D eigenvalue weighted by Gasteiger charge is -2.19. The van der Waals surface area contributed by atoms with Crippen molar-refractivity contribution in [3.05, 3.63) is 105 Å². The molecule has 1 saturated heterocycles. The Balaban J connectivity index is 1.28. The first-order valence-corrected chi connectivity index (χ1v) is 17.1. The maximum atomic E-state index is 13.5. The maximum absolute atomic E-state index is 13.5. The number of benzene rings is 3. The third-order valence-corrected chi connectivity index (χ3v) is 9.17. The van der Waals surface area contributed by atoms with Crippen LogP contribution in [0.1, 0.15) is 53.1 Å². The molecule has 1 aliphatic rings. The van der Waals surface area contributed by atoms with Crippen molar-refractivity contribution in [2.24, 2.45) is 0 Å². The predicted octanol–water partition coefficient (Wildman–Crippen LogP) is 7.63. The Bertz CT molecular complexity index is 1820. The van der Waals surface area contributed by atoms with E-state index in [2.05, 4.69) is 35.4 Å². The molecule has 0 saturated carbocycles. The summed E-state index contributed by atoms with van der Waals surface area (Å²) in [7, 11) is 0. The second-order valence-electron chi connectivity index (χ2n) is 12.7. The quantitative estimate of drug-likeness (QED) is 0.115. The zero-order valence-electron chi connectivity index (χ0n) is 28.6. The van der Waals surface area contributed by atoms with E-state index in [1.54, 1.807) is 29.3 Å². The molecule has 1 aromatic heterocycles. The molecule has 4 aromatic rings. The van der Waals surface area contributed by atoms with Crippen molar-refractivity contribution in [1.29, 1.82) is 5.26 Å². The van der Waals surface area contributed by atoms with Crippen LogP contribution in [0.25, 0.3) is 11.1 Å². The Morgan fingerprint density at radius 1 is 0.980 bits per heavy atom. The molecule has 50 heavy (non-hydrogen) atoms. The van der Waals surface area contributed by atoms with Gasteiger partial charge in [-0.1, -0.05) is 41.9 Å². The van der Waals surface area contributed by atoms with Crippen LogP contribution in [0.2, 0.25) is 5.02 Å². The lowest BCUT2D eigenvalue weighted by Crippen LogP contribution is -2.28. The first-order chi connectivity index (χ1) is 24.1. The standard InChI is InChI=1S/C39H43ClF2N4O4/c1-26(22-47)45-21-32-16-35(40)38(17-37(32)49-23-30-15-29(18-43)19-44-20-30)50-24-31-7-4-8-33(27(31)2)34-9-5-10-36(28(34)3)48-14-6-12-46-13-11-39(41,42)25-46/h4-5,7-10,15-17,19-20,26,45,47H,6,11-14,21-25H2,1-3H3. The highest BCUT2D eigenvalue weighted by Crippen LogP contribution is 2.36. The van der Waals surface area contributed by atoms with Gasteiger partial charge in [-0.25, -0.2) is 8.78 Å². The van der Waals surface area contributed by atoms with Crippen molar-refractivity contribution in [2.45, 2.75) is 65.3 Å². The van der Waals surface area contributed by atoms with Gasteiger partial charge in [-0.15, -0.1) is 0 Å². The van der Waals surface area contributed by atoms with Gasteiger partial charge in [0.25, 0.3) is 5.92 Å². The number of nitrogens with one attached hydrogen (secondary N) is 1. The fraction of sp³-hybridized carbons (Fsp3) is 0.385. The fourth-order valence-corrected chi connectivity index (χ4v) is 6.16. The van der Waals surface area contributed by atoms with Crippen LogP contribution in [0.5, 0.6) is 17.2 Å². The van der Waals surface area contributed by atoms with Crippen molar-refractivity contribution in [3.8, 4) is 34.4 Å². The number of likely N-dealkylation sites (tertiary alicyclic amines) is 1. The Hall–Kier alpha value is -4.27. The van der Waals surface area contributed by atoms with E-state index in [4.69, 9.17) is 25.8 Å². The number of hydrogen-bond donors (Lipinski definition) is 2. The highest BCUT2D eigenvalue weighted by Gasteiger charge is 2.37. The maximum Gasteiger partial charge on any atom is 0.261 e. The van der Waals surface area contributed by atoms with E-state index < -0.39 is 5.92 Å². The van der Waals surface area contributed by atoms with Gasteiger partial charge in [0.15, 0.2) is 0 Å². The molecule has 2 heterocycles. The lowest BCUT2D eigenvalue weighted by atomic mass is 9.93. The summed E-state index contributed by atoms with van der Waals surface area (Å²) >= 11 is 6.73. The molecule has 0 bridgehead atoms. The minimum Gasteiger partial charge on any atom is -0.493 e. The van der Waals surface area contributed by atoms with Crippen molar-refractivity contribution >= 4 is 11.6 Å². The molecule has 1 atom stereocenters. The average molecular weight is 705 g/mol. The molecular weight excluding hydrogens is 662 g/mol. The number of aliphatic hydroxyl groups excluding tert-OH is 1. The summed E-state index contributed by atoms with van der Waals surface area (Å²) < 4.78 is 45.7. The highest BCUT2D eigenvalue weighted by molar-refractivity contribution is 6.32. The van der Waals surface area contributed by atoms with Gasteiger partial charge in [0.2, 0.25) is 0 Å². The number of aromatic nitrogens is 1. The minimum absolute atomic E-state index is 0.0163. The zero-order chi connectivity index (χ0) is 35.7.